The fourth-order valence-electron chi connectivity index (χ4n) is 5.76. The molecule has 0 radical (unpaired) electrons. The molecule has 23 nitrogen and oxygen atoms in total. The van der Waals surface area contributed by atoms with Crippen LogP contribution >= 0.6 is 54.5 Å². The topological polar surface area (TPSA) is 404 Å². The van der Waals surface area contributed by atoms with Gasteiger partial charge in [0, 0.05) is 110 Å². The second-order valence-electron chi connectivity index (χ2n) is 12.0. The van der Waals surface area contributed by atoms with Crippen LogP contribution in [0.25, 0.3) is 21.8 Å². The number of fused-ring (bicyclic) bond motifs is 2. The number of rotatable bonds is 6. The van der Waals surface area contributed by atoms with E-state index in [1.165, 1.54) is 11.4 Å². The number of halogens is 2. The van der Waals surface area contributed by atoms with Gasteiger partial charge in [0.15, 0.2) is 0 Å². The van der Waals surface area contributed by atoms with Crippen molar-refractivity contribution < 1.29 is 82.1 Å². The van der Waals surface area contributed by atoms with Gasteiger partial charge in [0.25, 0.3) is 0 Å². The molecule has 2 aliphatic heterocycles. The Hall–Kier alpha value is -2.24. The molecule has 4 aromatic rings. The highest BCUT2D eigenvalue weighted by atomic mass is 35.5. The van der Waals surface area contributed by atoms with Gasteiger partial charge in [0.05, 0.1) is 17.1 Å². The number of nitrogens with zero attached hydrogens (tertiary/aromatic N) is 6. The molecule has 0 atom stereocenters. The number of hydrogen-bond donors (Lipinski definition) is 1. The molecule has 0 aliphatic carbocycles. The van der Waals surface area contributed by atoms with Crippen LogP contribution in [-0.4, -0.2) is 96.4 Å². The third-order valence-corrected chi connectivity index (χ3v) is 8.20. The van der Waals surface area contributed by atoms with Gasteiger partial charge in [0.1, 0.15) is 0 Å². The monoisotopic (exact) mass is 930 g/mol. The molecule has 2 saturated heterocycles. The van der Waals surface area contributed by atoms with Crippen molar-refractivity contribution in [3.05, 3.63) is 71.0 Å². The van der Waals surface area contributed by atoms with Gasteiger partial charge in [-0.3, -0.25) is 19.8 Å². The minimum atomic E-state index is -5.39. The third-order valence-electron chi connectivity index (χ3n) is 7.73. The molecule has 0 amide bonds. The molecule has 2 aliphatic rings. The van der Waals surface area contributed by atoms with Gasteiger partial charge in [-0.25, -0.2) is 0 Å². The summed E-state index contributed by atoms with van der Waals surface area (Å²) in [6.07, 6.45) is 3.36. The number of benzene rings is 2. The Balaban J connectivity index is 0.000000482. The Kier molecular flexibility index (Phi) is 20.7. The summed E-state index contributed by atoms with van der Waals surface area (Å²) in [4.78, 5) is 121. The van der Waals surface area contributed by atoms with Gasteiger partial charge in [-0.1, -0.05) is 23.2 Å². The number of piperazine rings is 2. The molecule has 4 heterocycles. The zero-order valence-electron chi connectivity index (χ0n) is 29.6. The first-order chi connectivity index (χ1) is 26.5. The first-order valence-electron chi connectivity index (χ1n) is 16.2. The van der Waals surface area contributed by atoms with Crippen LogP contribution < -0.4 is 68.5 Å². The van der Waals surface area contributed by atoms with Crippen molar-refractivity contribution in [2.75, 3.05) is 75.2 Å². The molecular weight excluding hydrogens is 899 g/mol. The van der Waals surface area contributed by atoms with Crippen molar-refractivity contribution >= 4 is 87.7 Å². The summed E-state index contributed by atoms with van der Waals surface area (Å²) >= 11 is 12.3. The normalized spacial score (nSPS) is 15.7. The molecule has 0 bridgehead atoms. The summed E-state index contributed by atoms with van der Waals surface area (Å²) in [6.45, 7) is 8.85. The Morgan fingerprint density at radius 1 is 0.517 bits per heavy atom. The summed E-state index contributed by atoms with van der Waals surface area (Å²) in [5.74, 6) is 0. The molecule has 29 heteroatoms. The molecule has 2 aromatic carbocycles. The van der Waals surface area contributed by atoms with E-state index in [2.05, 4.69) is 53.8 Å². The molecule has 0 spiro atoms. The van der Waals surface area contributed by atoms with E-state index >= 15 is 0 Å². The summed E-state index contributed by atoms with van der Waals surface area (Å²) in [6, 6.07) is 16.0. The average molecular weight is 931 g/mol. The maximum absolute atomic E-state index is 10.9. The van der Waals surface area contributed by atoms with E-state index in [4.69, 9.17) is 100 Å². The van der Waals surface area contributed by atoms with Gasteiger partial charge >= 0.3 is 0 Å². The molecule has 2 aromatic heterocycles. The molecule has 326 valence electrons. The number of phosphoric acid groups is 4. The standard InChI is InChI=1S/C29H32Cl2N6O.4H3O4P/c30-21-1-3-24-26(17-21)32-7-5-28(24)36-13-9-34(10-14-36)19-23(38)20-35-11-15-37(16-12-35)29-6-8-33-27-18-22(31)2-4-25(27)29;4*1-5(2,3)4/h1-8,17-18,23,38H,9-16,19-20H2;4*(H3,1,2,3,4)/p-12. The lowest BCUT2D eigenvalue weighted by Crippen LogP contribution is -2.52. The van der Waals surface area contributed by atoms with E-state index in [1.54, 1.807) is 0 Å². The van der Waals surface area contributed by atoms with Crippen LogP contribution in [0.1, 0.15) is 0 Å². The summed E-state index contributed by atoms with van der Waals surface area (Å²) in [5, 5.41) is 14.6. The van der Waals surface area contributed by atoms with Crippen LogP contribution in [-0.2, 0) is 18.3 Å². The van der Waals surface area contributed by atoms with Crippen molar-refractivity contribution in [1.82, 2.24) is 19.8 Å². The molecule has 0 saturated carbocycles. The van der Waals surface area contributed by atoms with Crippen molar-refractivity contribution in [2.45, 2.75) is 6.10 Å². The van der Waals surface area contributed by atoms with Crippen LogP contribution in [0.4, 0.5) is 11.4 Å². The number of β-amino-alcohol motifs (C(OH)–C–C–N with tert-alkyl or cyclic N) is 1. The Bertz CT molecular complexity index is 1890. The second kappa shape index (κ2) is 23.1. The predicted molar refractivity (Wildman–Crippen MR) is 187 cm³/mol. The Morgan fingerprint density at radius 3 is 1.07 bits per heavy atom. The van der Waals surface area contributed by atoms with Gasteiger partial charge < -0.3 is 91.9 Å². The van der Waals surface area contributed by atoms with E-state index in [-0.39, 0.29) is 6.10 Å². The van der Waals surface area contributed by atoms with E-state index in [0.29, 0.717) is 23.1 Å². The zero-order chi connectivity index (χ0) is 44.1. The highest BCUT2D eigenvalue weighted by Gasteiger charge is 2.24. The van der Waals surface area contributed by atoms with E-state index in [9.17, 15) is 5.11 Å². The lowest BCUT2D eigenvalue weighted by atomic mass is 10.1. The fraction of sp³-hybridized carbons (Fsp3) is 0.379. The molecule has 0 unspecified atom stereocenters. The highest BCUT2D eigenvalue weighted by molar-refractivity contribution is 7.41. The number of aromatic nitrogens is 2. The van der Waals surface area contributed by atoms with E-state index < -0.39 is 31.3 Å². The largest absolute Gasteiger partial charge is 0.822 e. The fourth-order valence-corrected chi connectivity index (χ4v) is 6.09. The Labute approximate surface area is 340 Å². The summed E-state index contributed by atoms with van der Waals surface area (Å²) in [5.41, 5.74) is 4.26. The maximum atomic E-state index is 10.9. The SMILES string of the molecule is O=P([O-])([O-])[O-].O=P([O-])([O-])[O-].O=P([O-])([O-])[O-].O=P([O-])([O-])[O-].OC(CN1CCN(c2ccnc3cc(Cl)ccc23)CC1)CN1CCN(c2ccnc3cc(Cl)ccc23)CC1. The second-order valence-corrected chi connectivity index (χ2v) is 16.5. The maximum Gasteiger partial charge on any atom is 0.0793 e. The Morgan fingerprint density at radius 2 is 0.793 bits per heavy atom. The zero-order valence-corrected chi connectivity index (χ0v) is 34.7. The molecule has 1 N–H and O–H groups in total. The minimum absolute atomic E-state index is 0.360. The molecule has 58 heavy (non-hydrogen) atoms. The first kappa shape index (κ1) is 51.9. The third kappa shape index (κ3) is 23.5. The van der Waals surface area contributed by atoms with Gasteiger partial charge in [-0.2, -0.15) is 31.3 Å². The van der Waals surface area contributed by atoms with Gasteiger partial charge in [-0.15, -0.1) is 0 Å². The van der Waals surface area contributed by atoms with Crippen molar-refractivity contribution in [3.63, 3.8) is 0 Å². The average Bonchev–Trinajstić information content (AvgIpc) is 3.05. The number of pyridine rings is 2. The summed E-state index contributed by atoms with van der Waals surface area (Å²) in [7, 11) is -21.6. The van der Waals surface area contributed by atoms with Crippen LogP contribution in [0.15, 0.2) is 60.9 Å². The smallest absolute Gasteiger partial charge is 0.0793 e. The van der Waals surface area contributed by atoms with Gasteiger partial charge in [-0.05, 0) is 48.5 Å². The van der Waals surface area contributed by atoms with Crippen molar-refractivity contribution in [2.24, 2.45) is 0 Å². The summed E-state index contributed by atoms with van der Waals surface area (Å²) < 4.78 is 34.2. The highest BCUT2D eigenvalue weighted by Crippen LogP contribution is 2.30. The van der Waals surface area contributed by atoms with Crippen LogP contribution in [0.5, 0.6) is 0 Å². The lowest BCUT2D eigenvalue weighted by molar-refractivity contribution is -0.434. The van der Waals surface area contributed by atoms with Crippen LogP contribution in [0.2, 0.25) is 10.0 Å². The van der Waals surface area contributed by atoms with E-state index in [1.807, 2.05) is 36.7 Å². The lowest BCUT2D eigenvalue weighted by Gasteiger charge is -2.39. The van der Waals surface area contributed by atoms with Crippen molar-refractivity contribution in [3.8, 4) is 0 Å². The minimum Gasteiger partial charge on any atom is -0.822 e. The van der Waals surface area contributed by atoms with Gasteiger partial charge in [0.2, 0.25) is 0 Å². The van der Waals surface area contributed by atoms with E-state index in [0.717, 1.165) is 74.2 Å². The van der Waals surface area contributed by atoms with Crippen molar-refractivity contribution in [1.29, 1.82) is 0 Å². The molecule has 6 rings (SSSR count). The number of hydrogen-bond acceptors (Lipinski definition) is 23. The van der Waals surface area contributed by atoms with Crippen LogP contribution in [0.3, 0.4) is 0 Å². The van der Waals surface area contributed by atoms with Crippen LogP contribution in [0, 0.1) is 0 Å². The molecular formula is C29H32Cl2N6O17P4-12. The number of anilines is 2. The number of aliphatic hydroxyl groups excluding tert-OH is 1. The predicted octanol–water partition coefficient (Wildman–Crippen LogP) is -6.90. The molecule has 2 fully saturated rings. The number of aliphatic hydroxyl groups is 1. The first-order valence-corrected chi connectivity index (χ1v) is 22.8. The quantitative estimate of drug-likeness (QED) is 0.176.